The standard InChI is InChI=1S/C20H21N3O2/c1-25-17-11-5-10-16(13-17)18-14-19(23-22-18)20(24)21-12-6-9-15-7-3-2-4-8-15/h2-5,7-8,10-11,13-14H,6,9,12H2,1H3,(H,21,24)(H,22,23). The Balaban J connectivity index is 1.53. The lowest BCUT2D eigenvalue weighted by atomic mass is 10.1. The molecule has 5 nitrogen and oxygen atoms in total. The highest BCUT2D eigenvalue weighted by Gasteiger charge is 2.11. The molecule has 0 aliphatic rings. The third kappa shape index (κ3) is 4.47. The molecule has 3 aromatic rings. The molecule has 1 aromatic heterocycles. The van der Waals surface area contributed by atoms with E-state index in [2.05, 4.69) is 27.6 Å². The number of nitrogens with one attached hydrogen (secondary N) is 2. The maximum Gasteiger partial charge on any atom is 0.269 e. The lowest BCUT2D eigenvalue weighted by molar-refractivity contribution is 0.0948. The fourth-order valence-corrected chi connectivity index (χ4v) is 2.60. The van der Waals surface area contributed by atoms with Crippen molar-refractivity contribution < 1.29 is 9.53 Å². The van der Waals surface area contributed by atoms with E-state index < -0.39 is 0 Å². The fourth-order valence-electron chi connectivity index (χ4n) is 2.60. The molecule has 0 radical (unpaired) electrons. The molecule has 2 aromatic carbocycles. The number of ether oxygens (including phenoxy) is 1. The Morgan fingerprint density at radius 2 is 1.96 bits per heavy atom. The quantitative estimate of drug-likeness (QED) is 0.650. The number of carbonyl (C=O) groups excluding carboxylic acids is 1. The average molecular weight is 335 g/mol. The molecule has 3 rings (SSSR count). The van der Waals surface area contributed by atoms with Gasteiger partial charge in [0.2, 0.25) is 0 Å². The number of benzene rings is 2. The fraction of sp³-hybridized carbons (Fsp3) is 0.200. The second kappa shape index (κ2) is 8.15. The monoisotopic (exact) mass is 335 g/mol. The van der Waals surface area contributed by atoms with Gasteiger partial charge in [-0.1, -0.05) is 42.5 Å². The third-order valence-corrected chi connectivity index (χ3v) is 3.96. The number of aromatic amines is 1. The van der Waals surface area contributed by atoms with E-state index in [4.69, 9.17) is 4.74 Å². The zero-order valence-electron chi connectivity index (χ0n) is 14.2. The summed E-state index contributed by atoms with van der Waals surface area (Å²) >= 11 is 0. The minimum absolute atomic E-state index is 0.144. The normalized spacial score (nSPS) is 10.4. The van der Waals surface area contributed by atoms with Crippen molar-refractivity contribution in [3.63, 3.8) is 0 Å². The summed E-state index contributed by atoms with van der Waals surface area (Å²) in [5, 5.41) is 9.94. The number of carbonyl (C=O) groups is 1. The van der Waals surface area contributed by atoms with Crippen LogP contribution in [0.5, 0.6) is 5.75 Å². The molecular formula is C20H21N3O2. The van der Waals surface area contributed by atoms with Crippen molar-refractivity contribution >= 4 is 5.91 Å². The summed E-state index contributed by atoms with van der Waals surface area (Å²) < 4.78 is 5.22. The number of nitrogens with zero attached hydrogens (tertiary/aromatic N) is 1. The van der Waals surface area contributed by atoms with Crippen LogP contribution in [0.3, 0.4) is 0 Å². The Morgan fingerprint density at radius 1 is 1.12 bits per heavy atom. The molecule has 0 spiro atoms. The van der Waals surface area contributed by atoms with Crippen LogP contribution < -0.4 is 10.1 Å². The molecule has 0 atom stereocenters. The van der Waals surface area contributed by atoms with Crippen LogP contribution in [0.2, 0.25) is 0 Å². The van der Waals surface area contributed by atoms with Crippen molar-refractivity contribution in [2.45, 2.75) is 12.8 Å². The van der Waals surface area contributed by atoms with Gasteiger partial charge in [-0.15, -0.1) is 0 Å². The predicted molar refractivity (Wildman–Crippen MR) is 97.7 cm³/mol. The van der Waals surface area contributed by atoms with E-state index >= 15 is 0 Å². The zero-order valence-corrected chi connectivity index (χ0v) is 14.2. The van der Waals surface area contributed by atoms with Gasteiger partial charge in [-0.05, 0) is 36.6 Å². The van der Waals surface area contributed by atoms with Crippen molar-refractivity contribution in [1.29, 1.82) is 0 Å². The van der Waals surface area contributed by atoms with Crippen LogP contribution in [0.15, 0.2) is 60.7 Å². The van der Waals surface area contributed by atoms with Crippen LogP contribution in [0.4, 0.5) is 0 Å². The van der Waals surface area contributed by atoms with Crippen LogP contribution in [0, 0.1) is 0 Å². The molecule has 0 unspecified atom stereocenters. The Bertz CT molecular complexity index is 828. The summed E-state index contributed by atoms with van der Waals surface area (Å²) in [6.45, 7) is 0.626. The Hall–Kier alpha value is -3.08. The summed E-state index contributed by atoms with van der Waals surface area (Å²) in [4.78, 5) is 12.2. The second-order valence-electron chi connectivity index (χ2n) is 5.74. The van der Waals surface area contributed by atoms with Crippen LogP contribution in [-0.2, 0) is 6.42 Å². The number of H-pyrrole nitrogens is 1. The summed E-state index contributed by atoms with van der Waals surface area (Å²) in [6, 6.07) is 19.6. The van der Waals surface area contributed by atoms with Crippen LogP contribution in [0.25, 0.3) is 11.3 Å². The number of amides is 1. The molecule has 0 aliphatic carbocycles. The lowest BCUT2D eigenvalue weighted by Gasteiger charge is -2.03. The van der Waals surface area contributed by atoms with E-state index in [1.165, 1.54) is 5.56 Å². The van der Waals surface area contributed by atoms with E-state index in [9.17, 15) is 4.79 Å². The molecular weight excluding hydrogens is 314 g/mol. The molecule has 5 heteroatoms. The highest BCUT2D eigenvalue weighted by Crippen LogP contribution is 2.22. The maximum atomic E-state index is 12.2. The first-order chi connectivity index (χ1) is 12.3. The first-order valence-electron chi connectivity index (χ1n) is 8.28. The minimum Gasteiger partial charge on any atom is -0.497 e. The molecule has 2 N–H and O–H groups in total. The van der Waals surface area contributed by atoms with Crippen LogP contribution >= 0.6 is 0 Å². The highest BCUT2D eigenvalue weighted by atomic mass is 16.5. The molecule has 1 amide bonds. The number of aryl methyl sites for hydroxylation is 1. The molecule has 0 aliphatic heterocycles. The topological polar surface area (TPSA) is 67.0 Å². The molecule has 0 saturated carbocycles. The van der Waals surface area contributed by atoms with E-state index in [0.717, 1.165) is 24.2 Å². The van der Waals surface area contributed by atoms with Crippen molar-refractivity contribution in [1.82, 2.24) is 15.5 Å². The number of hydrogen-bond donors (Lipinski definition) is 2. The van der Waals surface area contributed by atoms with Crippen molar-refractivity contribution in [3.05, 3.63) is 71.9 Å². The van der Waals surface area contributed by atoms with Crippen molar-refractivity contribution in [3.8, 4) is 17.0 Å². The van der Waals surface area contributed by atoms with Gasteiger partial charge >= 0.3 is 0 Å². The largest absolute Gasteiger partial charge is 0.497 e. The highest BCUT2D eigenvalue weighted by molar-refractivity contribution is 5.93. The van der Waals surface area contributed by atoms with Crippen LogP contribution in [0.1, 0.15) is 22.5 Å². The van der Waals surface area contributed by atoms with Gasteiger partial charge in [-0.3, -0.25) is 9.89 Å². The van der Waals surface area contributed by atoms with Crippen molar-refractivity contribution in [2.24, 2.45) is 0 Å². The number of methoxy groups -OCH3 is 1. The Labute approximate surface area is 147 Å². The average Bonchev–Trinajstić information content (AvgIpc) is 3.16. The van der Waals surface area contributed by atoms with Gasteiger partial charge in [-0.25, -0.2) is 0 Å². The van der Waals surface area contributed by atoms with Crippen LogP contribution in [-0.4, -0.2) is 29.8 Å². The third-order valence-electron chi connectivity index (χ3n) is 3.96. The molecule has 0 fully saturated rings. The molecule has 128 valence electrons. The summed E-state index contributed by atoms with van der Waals surface area (Å²) in [5.41, 5.74) is 3.35. The summed E-state index contributed by atoms with van der Waals surface area (Å²) in [5.74, 6) is 0.613. The first-order valence-corrected chi connectivity index (χ1v) is 8.28. The summed E-state index contributed by atoms with van der Waals surface area (Å²) in [7, 11) is 1.62. The first kappa shape index (κ1) is 16.8. The maximum absolute atomic E-state index is 12.2. The molecule has 0 saturated heterocycles. The van der Waals surface area contributed by atoms with Gasteiger partial charge in [0.25, 0.3) is 5.91 Å². The summed E-state index contributed by atoms with van der Waals surface area (Å²) in [6.07, 6.45) is 1.84. The number of aromatic nitrogens is 2. The predicted octanol–water partition coefficient (Wildman–Crippen LogP) is 3.45. The van der Waals surface area contributed by atoms with E-state index in [1.54, 1.807) is 13.2 Å². The van der Waals surface area contributed by atoms with Crippen molar-refractivity contribution in [2.75, 3.05) is 13.7 Å². The van der Waals surface area contributed by atoms with E-state index in [0.29, 0.717) is 17.9 Å². The Morgan fingerprint density at radius 3 is 2.76 bits per heavy atom. The smallest absolute Gasteiger partial charge is 0.269 e. The number of hydrogen-bond acceptors (Lipinski definition) is 3. The molecule has 25 heavy (non-hydrogen) atoms. The van der Waals surface area contributed by atoms with E-state index in [1.807, 2.05) is 42.5 Å². The minimum atomic E-state index is -0.144. The second-order valence-corrected chi connectivity index (χ2v) is 5.74. The molecule has 1 heterocycles. The van der Waals surface area contributed by atoms with Gasteiger partial charge in [0.05, 0.1) is 12.8 Å². The lowest BCUT2D eigenvalue weighted by Crippen LogP contribution is -2.25. The zero-order chi connectivity index (χ0) is 17.5. The van der Waals surface area contributed by atoms with Gasteiger partial charge in [0.15, 0.2) is 0 Å². The van der Waals surface area contributed by atoms with E-state index in [-0.39, 0.29) is 5.91 Å². The number of rotatable bonds is 7. The van der Waals surface area contributed by atoms with Gasteiger partial charge in [0.1, 0.15) is 11.4 Å². The van der Waals surface area contributed by atoms with Gasteiger partial charge < -0.3 is 10.1 Å². The SMILES string of the molecule is COc1cccc(-c2cc(C(=O)NCCCc3ccccc3)[nH]n2)c1. The van der Waals surface area contributed by atoms with Gasteiger partial charge in [-0.2, -0.15) is 5.10 Å². The Kier molecular flexibility index (Phi) is 5.46. The van der Waals surface area contributed by atoms with Gasteiger partial charge in [0, 0.05) is 12.1 Å². The molecule has 0 bridgehead atoms.